The van der Waals surface area contributed by atoms with Crippen molar-refractivity contribution in [3.63, 3.8) is 0 Å². The first kappa shape index (κ1) is 11.5. The quantitative estimate of drug-likeness (QED) is 0.173. The number of aromatic nitrogens is 1. The minimum Gasteiger partial charge on any atom is -0.456 e. The van der Waals surface area contributed by atoms with Gasteiger partial charge in [-0.15, -0.1) is 0 Å². The first-order valence-electron chi connectivity index (χ1n) is 28.2. The van der Waals surface area contributed by atoms with Crippen LogP contribution in [0.4, 0.5) is 17.1 Å². The van der Waals surface area contributed by atoms with Crippen LogP contribution in [-0.4, -0.2) is 4.98 Å². The summed E-state index contributed by atoms with van der Waals surface area (Å²) < 4.78 is 261. The van der Waals surface area contributed by atoms with Crippen LogP contribution in [0.15, 0.2) is 178 Å². The highest BCUT2D eigenvalue weighted by atomic mass is 16.3. The van der Waals surface area contributed by atoms with E-state index >= 15 is 0 Å². The first-order valence-corrected chi connectivity index (χ1v) is 14.2. The molecule has 230 valence electrons. The third-order valence-electron chi connectivity index (χ3n) is 7.45. The third kappa shape index (κ3) is 4.49. The van der Waals surface area contributed by atoms with Crippen molar-refractivity contribution in [1.29, 1.82) is 0 Å². The SMILES string of the molecule is [2H]c1c([2H])c([2H])c(-c2nc3c([2H])c([2H])c4c([2H])c([2H])c5c([2H])c([2H])c(N(c6c([2H])c([2H])c([2H])c([2H])c6[2H])c6c([2H])c([2H])c(-c7c([2H])c([2H])c([2H])c8oc9c([2H])c([2H])c([2H])c([2H])c9c78)c([2H])c6[2H])c([2H])c5c4c3o2)c([2H])c1[2H]. The normalized spacial score (nSPS) is 19.7. The van der Waals surface area contributed by atoms with Gasteiger partial charge in [0.15, 0.2) is 5.58 Å². The van der Waals surface area contributed by atoms with E-state index in [1.54, 1.807) is 0 Å². The van der Waals surface area contributed by atoms with Crippen LogP contribution in [0.5, 0.6) is 0 Å². The summed E-state index contributed by atoms with van der Waals surface area (Å²) >= 11 is 0. The second-order valence-corrected chi connectivity index (χ2v) is 10.2. The topological polar surface area (TPSA) is 42.4 Å². The Bertz CT molecular complexity index is 4370. The Hall–Kier alpha value is -6.65. The summed E-state index contributed by atoms with van der Waals surface area (Å²) in [5.41, 5.74) is -7.71. The lowest BCUT2D eigenvalue weighted by molar-refractivity contribution is 0.623. The molecule has 8 aromatic carbocycles. The Labute approximate surface area is 321 Å². The van der Waals surface area contributed by atoms with Crippen molar-refractivity contribution in [3.05, 3.63) is 169 Å². The van der Waals surface area contributed by atoms with Crippen molar-refractivity contribution in [2.45, 2.75) is 0 Å². The van der Waals surface area contributed by atoms with Crippen LogP contribution < -0.4 is 4.90 Å². The van der Waals surface area contributed by atoms with Crippen molar-refractivity contribution in [2.75, 3.05) is 4.90 Å². The lowest BCUT2D eigenvalue weighted by Gasteiger charge is -2.26. The molecule has 4 heteroatoms. The molecule has 10 aromatic rings. The van der Waals surface area contributed by atoms with Gasteiger partial charge in [-0.2, -0.15) is 0 Å². The maximum atomic E-state index is 9.98. The van der Waals surface area contributed by atoms with Gasteiger partial charge < -0.3 is 13.7 Å². The fourth-order valence-corrected chi connectivity index (χ4v) is 5.36. The van der Waals surface area contributed by atoms with Crippen LogP contribution in [0.25, 0.3) is 77.2 Å². The molecule has 2 aromatic heterocycles. The standard InChI is InChI=1S/C45H28N2O2/c1-3-10-32(11-4-1)45-46-39-27-23-31-19-18-30-22-26-35(28-38(30)42(31)44(39)49-45)47(33-12-5-2-6-13-33)34-24-20-29(21-25-34)36-15-9-17-41-43(36)37-14-7-8-16-40(37)48-41/h1-28H/i1D,2D,3D,4D,5D,6D,7D,8D,9D,10D,11D,12D,13D,14D,15D,16D,17D,18D,19D,20D,21D,22D,23D,24D,25D,26D,27D,28D. The van der Waals surface area contributed by atoms with Crippen molar-refractivity contribution < 1.29 is 47.2 Å². The van der Waals surface area contributed by atoms with Crippen LogP contribution >= 0.6 is 0 Å². The number of fused-ring (bicyclic) bond motifs is 8. The van der Waals surface area contributed by atoms with Gasteiger partial charge in [0, 0.05) is 38.8 Å². The monoisotopic (exact) mass is 656 g/mol. The Morgan fingerprint density at radius 3 is 2.00 bits per heavy atom. The second kappa shape index (κ2) is 11.0. The van der Waals surface area contributed by atoms with E-state index in [9.17, 15) is 9.60 Å². The summed E-state index contributed by atoms with van der Waals surface area (Å²) in [5.74, 6) is -0.724. The van der Waals surface area contributed by atoms with E-state index in [0.717, 1.165) is 0 Å². The molecule has 0 N–H and O–H groups in total. The van der Waals surface area contributed by atoms with Gasteiger partial charge in [0.1, 0.15) is 16.7 Å². The van der Waals surface area contributed by atoms with Gasteiger partial charge in [-0.3, -0.25) is 0 Å². The molecule has 0 fully saturated rings. The lowest BCUT2D eigenvalue weighted by atomic mass is 9.98. The van der Waals surface area contributed by atoms with Gasteiger partial charge in [-0.25, -0.2) is 4.98 Å². The zero-order chi connectivity index (χ0) is 56.7. The number of oxazole rings is 1. The van der Waals surface area contributed by atoms with E-state index in [0.29, 0.717) is 4.90 Å². The highest BCUT2D eigenvalue weighted by Crippen LogP contribution is 2.42. The second-order valence-electron chi connectivity index (χ2n) is 10.2. The predicted octanol–water partition coefficient (Wildman–Crippen LogP) is 12.8. The van der Waals surface area contributed by atoms with Crippen molar-refractivity contribution in [1.82, 2.24) is 4.98 Å². The maximum absolute atomic E-state index is 9.98. The van der Waals surface area contributed by atoms with Gasteiger partial charge in [0.05, 0.1) is 38.4 Å². The van der Waals surface area contributed by atoms with Crippen molar-refractivity contribution in [2.24, 2.45) is 0 Å². The molecular weight excluding hydrogens is 601 g/mol. The zero-order valence-corrected chi connectivity index (χ0v) is 24.2. The Kier molecular flexibility index (Phi) is 2.57. The van der Waals surface area contributed by atoms with Crippen LogP contribution in [0, 0.1) is 0 Å². The number of benzene rings is 8. The van der Waals surface area contributed by atoms with Crippen molar-refractivity contribution in [3.8, 4) is 22.6 Å². The van der Waals surface area contributed by atoms with E-state index in [1.807, 2.05) is 0 Å². The van der Waals surface area contributed by atoms with E-state index in [-0.39, 0.29) is 0 Å². The van der Waals surface area contributed by atoms with Crippen LogP contribution in [0.1, 0.15) is 38.4 Å². The summed E-state index contributed by atoms with van der Waals surface area (Å²) in [6.07, 6.45) is 0. The smallest absolute Gasteiger partial charge is 0.227 e. The number of furan rings is 1. The van der Waals surface area contributed by atoms with Crippen LogP contribution in [-0.2, 0) is 0 Å². The highest BCUT2D eigenvalue weighted by molar-refractivity contribution is 6.19. The van der Waals surface area contributed by atoms with E-state index < -0.39 is 263 Å². The molecule has 0 saturated heterocycles. The molecule has 0 amide bonds. The van der Waals surface area contributed by atoms with Gasteiger partial charge in [-0.1, -0.05) is 103 Å². The summed E-state index contributed by atoms with van der Waals surface area (Å²) in [6.45, 7) is 0. The average molecular weight is 657 g/mol. The molecule has 0 bridgehead atoms. The van der Waals surface area contributed by atoms with Gasteiger partial charge in [0.2, 0.25) is 5.89 Å². The lowest BCUT2D eigenvalue weighted by Crippen LogP contribution is -2.09. The minimum atomic E-state index is -1.22. The molecule has 0 spiro atoms. The van der Waals surface area contributed by atoms with Crippen LogP contribution in [0.2, 0.25) is 0 Å². The average Bonchev–Trinajstić information content (AvgIpc) is 4.02. The Morgan fingerprint density at radius 1 is 0.469 bits per heavy atom. The largest absolute Gasteiger partial charge is 0.456 e. The predicted molar refractivity (Wildman–Crippen MR) is 202 cm³/mol. The highest BCUT2D eigenvalue weighted by Gasteiger charge is 2.18. The molecule has 0 atom stereocenters. The zero-order valence-electron chi connectivity index (χ0n) is 52.2. The minimum absolute atomic E-state index is 0.400. The molecule has 0 radical (unpaired) electrons. The van der Waals surface area contributed by atoms with Gasteiger partial charge >= 0.3 is 0 Å². The third-order valence-corrected chi connectivity index (χ3v) is 7.45. The molecule has 2 heterocycles. The molecule has 4 nitrogen and oxygen atoms in total. The fourth-order valence-electron chi connectivity index (χ4n) is 5.36. The molecule has 49 heavy (non-hydrogen) atoms. The Morgan fingerprint density at radius 2 is 1.14 bits per heavy atom. The Balaban J connectivity index is 1.40. The molecule has 0 aliphatic rings. The summed E-state index contributed by atoms with van der Waals surface area (Å²) in [4.78, 5) is 4.62. The molecule has 10 rings (SSSR count). The molecular formula is C45H28N2O2. The first-order chi connectivity index (χ1) is 35.9. The number of hydrogen-bond donors (Lipinski definition) is 0. The molecule has 0 saturated carbocycles. The van der Waals surface area contributed by atoms with Gasteiger partial charge in [-0.05, 0) is 93.8 Å². The summed E-state index contributed by atoms with van der Waals surface area (Å²) in [7, 11) is 0. The van der Waals surface area contributed by atoms with E-state index in [2.05, 4.69) is 4.98 Å². The van der Waals surface area contributed by atoms with E-state index in [4.69, 9.17) is 37.6 Å². The summed E-state index contributed by atoms with van der Waals surface area (Å²) in [6, 6.07) is -26.6. The number of rotatable bonds is 5. The van der Waals surface area contributed by atoms with Gasteiger partial charge in [0.25, 0.3) is 0 Å². The molecule has 0 unspecified atom stereocenters. The number of para-hydroxylation sites is 2. The number of nitrogens with zero attached hydrogens (tertiary/aromatic N) is 2. The molecule has 0 aliphatic heterocycles. The fraction of sp³-hybridized carbons (Fsp3) is 0. The van der Waals surface area contributed by atoms with Crippen molar-refractivity contribution >= 4 is 71.6 Å². The van der Waals surface area contributed by atoms with E-state index in [1.165, 1.54) is 0 Å². The molecule has 0 aliphatic carbocycles. The number of anilines is 3. The van der Waals surface area contributed by atoms with Crippen LogP contribution in [0.3, 0.4) is 0 Å². The maximum Gasteiger partial charge on any atom is 0.227 e. The number of hydrogen-bond acceptors (Lipinski definition) is 4. The summed E-state index contributed by atoms with van der Waals surface area (Å²) in [5, 5.41) is -3.54.